The Kier molecular flexibility index (Phi) is 66.1. The quantitative estimate of drug-likeness (QED) is 0.0261. The summed E-state index contributed by atoms with van der Waals surface area (Å²) in [6, 6.07) is 0. The number of carbonyl (C=O) groups excluding carboxylic acids is 3. The Hall–Kier alpha value is -2.89. The van der Waals surface area contributed by atoms with Gasteiger partial charge in [-0.1, -0.05) is 351 Å². The smallest absolute Gasteiger partial charge is 0.306 e. The third kappa shape index (κ3) is 65.9. The molecule has 0 amide bonds. The minimum absolute atomic E-state index is 0.0677. The fraction of sp³-hybridized carbons (Fsp3) is 0.824. The highest BCUT2D eigenvalue weighted by molar-refractivity contribution is 5.71. The van der Waals surface area contributed by atoms with E-state index in [1.165, 1.54) is 244 Å². The van der Waals surface area contributed by atoms with Crippen molar-refractivity contribution in [1.29, 1.82) is 0 Å². The highest BCUT2D eigenvalue weighted by Gasteiger charge is 2.19. The average molecular weight is 1120 g/mol. The Balaban J connectivity index is 4.06. The highest BCUT2D eigenvalue weighted by Crippen LogP contribution is 2.18. The molecule has 0 aliphatic rings. The maximum absolute atomic E-state index is 12.9. The van der Waals surface area contributed by atoms with Crippen LogP contribution in [0.1, 0.15) is 374 Å². The second-order valence-electron chi connectivity index (χ2n) is 23.8. The second kappa shape index (κ2) is 68.6. The predicted octanol–water partition coefficient (Wildman–Crippen LogP) is 24.3. The predicted molar refractivity (Wildman–Crippen MR) is 348 cm³/mol. The van der Waals surface area contributed by atoms with Gasteiger partial charge in [0.15, 0.2) is 6.10 Å². The SMILES string of the molecule is CC/C=C\C/C=C\C/C=C\C/C=C\C/C=C\CCCCCCCCCCCCCCCCCC(=O)OCC(COC(=O)CCCCCCCCCC)OC(=O)CCCCCCCCCCCCCCCCCCCCCCCCC. The van der Waals surface area contributed by atoms with Crippen molar-refractivity contribution in [2.45, 2.75) is 380 Å². The molecule has 6 nitrogen and oxygen atoms in total. The molecule has 0 saturated heterocycles. The molecule has 0 spiro atoms. The maximum atomic E-state index is 12.9. The number of unbranched alkanes of at least 4 members (excludes halogenated alkanes) is 44. The first kappa shape index (κ1) is 77.1. The van der Waals surface area contributed by atoms with Crippen LogP contribution in [0.15, 0.2) is 60.8 Å². The van der Waals surface area contributed by atoms with Crippen LogP contribution < -0.4 is 0 Å². The Morgan fingerprint density at radius 2 is 0.487 bits per heavy atom. The van der Waals surface area contributed by atoms with Gasteiger partial charge in [0.25, 0.3) is 0 Å². The molecule has 6 heteroatoms. The van der Waals surface area contributed by atoms with Gasteiger partial charge in [-0.25, -0.2) is 0 Å². The van der Waals surface area contributed by atoms with Crippen LogP contribution >= 0.6 is 0 Å². The van der Waals surface area contributed by atoms with E-state index in [0.29, 0.717) is 19.3 Å². The van der Waals surface area contributed by atoms with Gasteiger partial charge in [0.1, 0.15) is 13.2 Å². The summed E-state index contributed by atoms with van der Waals surface area (Å²) in [6.45, 7) is 6.56. The molecule has 80 heavy (non-hydrogen) atoms. The largest absolute Gasteiger partial charge is 0.462 e. The number of rotatable bonds is 65. The zero-order chi connectivity index (χ0) is 57.8. The normalized spacial score (nSPS) is 12.4. The van der Waals surface area contributed by atoms with Crippen LogP contribution in [0.5, 0.6) is 0 Å². The van der Waals surface area contributed by atoms with Gasteiger partial charge >= 0.3 is 17.9 Å². The first-order chi connectivity index (χ1) is 39.5. The molecule has 0 aromatic carbocycles. The molecule has 0 N–H and O–H groups in total. The van der Waals surface area contributed by atoms with Crippen LogP contribution in [0.3, 0.4) is 0 Å². The van der Waals surface area contributed by atoms with E-state index in [1.54, 1.807) is 0 Å². The van der Waals surface area contributed by atoms with Crippen LogP contribution in [0.25, 0.3) is 0 Å². The number of hydrogen-bond acceptors (Lipinski definition) is 6. The molecule has 0 aliphatic heterocycles. The summed E-state index contributed by atoms with van der Waals surface area (Å²) in [5.41, 5.74) is 0. The number of esters is 3. The first-order valence-corrected chi connectivity index (χ1v) is 35.3. The third-order valence-corrected chi connectivity index (χ3v) is 15.8. The Morgan fingerprint density at radius 3 is 0.762 bits per heavy atom. The van der Waals surface area contributed by atoms with E-state index in [4.69, 9.17) is 14.2 Å². The van der Waals surface area contributed by atoms with Gasteiger partial charge in [0.2, 0.25) is 0 Å². The van der Waals surface area contributed by atoms with Crippen molar-refractivity contribution in [2.24, 2.45) is 0 Å². The third-order valence-electron chi connectivity index (χ3n) is 15.8. The molecular formula is C74H134O6. The lowest BCUT2D eigenvalue weighted by atomic mass is 10.0. The van der Waals surface area contributed by atoms with E-state index in [0.717, 1.165) is 89.9 Å². The van der Waals surface area contributed by atoms with Gasteiger partial charge < -0.3 is 14.2 Å². The summed E-state index contributed by atoms with van der Waals surface area (Å²) in [5, 5.41) is 0. The van der Waals surface area contributed by atoms with Crippen LogP contribution in [0, 0.1) is 0 Å². The minimum Gasteiger partial charge on any atom is -0.462 e. The molecule has 0 saturated carbocycles. The van der Waals surface area contributed by atoms with Gasteiger partial charge in [-0.3, -0.25) is 14.4 Å². The minimum atomic E-state index is -0.769. The van der Waals surface area contributed by atoms with Gasteiger partial charge in [-0.2, -0.15) is 0 Å². The van der Waals surface area contributed by atoms with Gasteiger partial charge in [-0.15, -0.1) is 0 Å². The first-order valence-electron chi connectivity index (χ1n) is 35.3. The number of hydrogen-bond donors (Lipinski definition) is 0. The lowest BCUT2D eigenvalue weighted by Gasteiger charge is -2.18. The van der Waals surface area contributed by atoms with E-state index < -0.39 is 6.10 Å². The average Bonchev–Trinajstić information content (AvgIpc) is 3.46. The standard InChI is InChI=1S/C74H134O6/c1-4-7-10-13-16-19-21-23-25-27-29-31-33-34-35-36-37-38-39-40-42-43-45-47-49-51-53-55-58-61-64-67-73(76)79-70-71(69-78-72(75)66-63-60-57-18-15-12-9-6-3)80-74(77)68-65-62-59-56-54-52-50-48-46-44-41-32-30-28-26-24-22-20-17-14-11-8-5-2/h7,10,16,19,23,25,29,31,34-35,71H,4-6,8-9,11-15,17-18,20-22,24,26-28,30,32-33,36-70H2,1-3H3/b10-7-,19-16-,25-23-,31-29-,35-34-. The Bertz CT molecular complexity index is 1430. The van der Waals surface area contributed by atoms with Gasteiger partial charge in [-0.05, 0) is 64.2 Å². The van der Waals surface area contributed by atoms with Crippen LogP contribution in [0.4, 0.5) is 0 Å². The second-order valence-corrected chi connectivity index (χ2v) is 23.8. The lowest BCUT2D eigenvalue weighted by Crippen LogP contribution is -2.30. The summed E-state index contributed by atoms with van der Waals surface area (Å²) < 4.78 is 16.9. The van der Waals surface area contributed by atoms with E-state index in [-0.39, 0.29) is 31.1 Å². The molecule has 0 aromatic rings. The number of carbonyl (C=O) groups is 3. The Labute approximate surface area is 498 Å². The molecule has 1 atom stereocenters. The summed E-state index contributed by atoms with van der Waals surface area (Å²) >= 11 is 0. The van der Waals surface area contributed by atoms with Crippen molar-refractivity contribution in [3.63, 3.8) is 0 Å². The van der Waals surface area contributed by atoms with Gasteiger partial charge in [0, 0.05) is 19.3 Å². The van der Waals surface area contributed by atoms with E-state index >= 15 is 0 Å². The Morgan fingerprint density at radius 1 is 0.263 bits per heavy atom. The molecule has 0 heterocycles. The van der Waals surface area contributed by atoms with Crippen molar-refractivity contribution >= 4 is 17.9 Å². The molecule has 1 unspecified atom stereocenters. The summed E-state index contributed by atoms with van der Waals surface area (Å²) in [5.74, 6) is -0.847. The molecule has 0 fully saturated rings. The van der Waals surface area contributed by atoms with Crippen molar-refractivity contribution < 1.29 is 28.6 Å². The summed E-state index contributed by atoms with van der Waals surface area (Å²) in [6.07, 6.45) is 88.5. The molecule has 466 valence electrons. The molecule has 0 aromatic heterocycles. The zero-order valence-corrected chi connectivity index (χ0v) is 53.6. The topological polar surface area (TPSA) is 78.9 Å². The maximum Gasteiger partial charge on any atom is 0.306 e. The molecular weight excluding hydrogens is 985 g/mol. The highest BCUT2D eigenvalue weighted by atomic mass is 16.6. The van der Waals surface area contributed by atoms with E-state index in [9.17, 15) is 14.4 Å². The summed E-state index contributed by atoms with van der Waals surface area (Å²) in [4.78, 5) is 38.2. The fourth-order valence-corrected chi connectivity index (χ4v) is 10.5. The van der Waals surface area contributed by atoms with Crippen molar-refractivity contribution in [1.82, 2.24) is 0 Å². The molecule has 0 aliphatic carbocycles. The summed E-state index contributed by atoms with van der Waals surface area (Å²) in [7, 11) is 0. The van der Waals surface area contributed by atoms with Crippen LogP contribution in [-0.4, -0.2) is 37.2 Å². The van der Waals surface area contributed by atoms with E-state index in [2.05, 4.69) is 81.5 Å². The molecule has 0 rings (SSSR count). The fourth-order valence-electron chi connectivity index (χ4n) is 10.5. The van der Waals surface area contributed by atoms with Crippen LogP contribution in [-0.2, 0) is 28.6 Å². The number of ether oxygens (including phenoxy) is 3. The zero-order valence-electron chi connectivity index (χ0n) is 53.6. The lowest BCUT2D eigenvalue weighted by molar-refractivity contribution is -0.167. The van der Waals surface area contributed by atoms with E-state index in [1.807, 2.05) is 0 Å². The van der Waals surface area contributed by atoms with Crippen LogP contribution in [0.2, 0.25) is 0 Å². The number of allylic oxidation sites excluding steroid dienone is 10. The van der Waals surface area contributed by atoms with Gasteiger partial charge in [0.05, 0.1) is 0 Å². The van der Waals surface area contributed by atoms with Crippen molar-refractivity contribution in [3.05, 3.63) is 60.8 Å². The molecule has 0 bridgehead atoms. The monoisotopic (exact) mass is 1120 g/mol. The van der Waals surface area contributed by atoms with Crippen molar-refractivity contribution in [2.75, 3.05) is 13.2 Å². The molecule has 0 radical (unpaired) electrons. The van der Waals surface area contributed by atoms with Crippen molar-refractivity contribution in [3.8, 4) is 0 Å².